The van der Waals surface area contributed by atoms with Crippen LogP contribution in [-0.2, 0) is 13.8 Å². The highest BCUT2D eigenvalue weighted by Gasteiger charge is 2.58. The minimum absolute atomic E-state index is 0.272. The van der Waals surface area contributed by atoms with Gasteiger partial charge in [0.25, 0.3) is 5.92 Å². The summed E-state index contributed by atoms with van der Waals surface area (Å²) in [6.45, 7) is -0.272. The first-order valence-corrected chi connectivity index (χ1v) is 5.71. The molecule has 0 radical (unpaired) electrons. The average Bonchev–Trinajstić information content (AvgIpc) is 2.36. The molecule has 0 unspecified atom stereocenters. The van der Waals surface area contributed by atoms with Crippen molar-refractivity contribution in [3.63, 3.8) is 0 Å². The van der Waals surface area contributed by atoms with E-state index in [4.69, 9.17) is 10.7 Å². The van der Waals surface area contributed by atoms with Gasteiger partial charge in [-0.25, -0.2) is 17.2 Å². The molecule has 1 aliphatic carbocycles. The molecule has 0 bridgehead atoms. The molecule has 1 fully saturated rings. The van der Waals surface area contributed by atoms with Gasteiger partial charge in [0.05, 0.1) is 12.4 Å². The van der Waals surface area contributed by atoms with Crippen LogP contribution in [0, 0.1) is 0 Å². The van der Waals surface area contributed by atoms with Crippen molar-refractivity contribution in [2.75, 3.05) is 12.4 Å². The molecule has 1 aliphatic rings. The van der Waals surface area contributed by atoms with E-state index in [1.165, 1.54) is 0 Å². The van der Waals surface area contributed by atoms with E-state index >= 15 is 0 Å². The van der Waals surface area contributed by atoms with Crippen molar-refractivity contribution in [2.45, 2.75) is 18.4 Å². The van der Waals surface area contributed by atoms with E-state index in [9.17, 15) is 17.2 Å². The third kappa shape index (κ3) is 3.20. The topological polar surface area (TPSA) is 43.4 Å². The molecule has 0 heterocycles. The smallest absolute Gasteiger partial charge is 0.276 e. The zero-order valence-corrected chi connectivity index (χ0v) is 7.54. The van der Waals surface area contributed by atoms with Gasteiger partial charge in [-0.1, -0.05) is 0 Å². The summed E-state index contributed by atoms with van der Waals surface area (Å²) < 4.78 is 49.3. The number of ether oxygens (including phenoxy) is 1. The number of hydrogen-bond donors (Lipinski definition) is 0. The quantitative estimate of drug-likeness (QED) is 0.664. The van der Waals surface area contributed by atoms with Gasteiger partial charge in [0.1, 0.15) is 6.10 Å². The van der Waals surface area contributed by atoms with E-state index in [2.05, 4.69) is 4.74 Å². The second-order valence-electron chi connectivity index (χ2n) is 2.57. The Morgan fingerprint density at radius 2 is 2.08 bits per heavy atom. The number of alkyl halides is 2. The lowest BCUT2D eigenvalue weighted by atomic mass is 10.7. The highest BCUT2D eigenvalue weighted by molar-refractivity contribution is 8.13. The molecule has 0 N–H and O–H groups in total. The van der Waals surface area contributed by atoms with Gasteiger partial charge in [-0.05, 0) is 0 Å². The maximum absolute atomic E-state index is 12.1. The van der Waals surface area contributed by atoms with Gasteiger partial charge >= 0.3 is 0 Å². The van der Waals surface area contributed by atoms with Gasteiger partial charge in [-0.3, -0.25) is 0 Å². The molecule has 0 aromatic carbocycles. The van der Waals surface area contributed by atoms with Gasteiger partial charge in [0.2, 0.25) is 9.05 Å². The van der Waals surface area contributed by atoms with Crippen molar-refractivity contribution < 1.29 is 21.9 Å². The summed E-state index contributed by atoms with van der Waals surface area (Å²) in [6, 6.07) is 0. The van der Waals surface area contributed by atoms with Gasteiger partial charge in [0.15, 0.2) is 0 Å². The molecule has 0 saturated heterocycles. The lowest BCUT2D eigenvalue weighted by Gasteiger charge is -1.99. The fourth-order valence-corrected chi connectivity index (χ4v) is 1.14. The lowest BCUT2D eigenvalue weighted by Crippen LogP contribution is -2.11. The zero-order chi connectivity index (χ0) is 9.41. The third-order valence-corrected chi connectivity index (χ3v) is 2.53. The van der Waals surface area contributed by atoms with E-state index < -0.39 is 26.8 Å². The maximum Gasteiger partial charge on any atom is 0.276 e. The molecule has 0 aliphatic heterocycles. The molecular weight excluding hydrogens is 214 g/mol. The Balaban J connectivity index is 2.14. The van der Waals surface area contributed by atoms with Crippen molar-refractivity contribution in [1.29, 1.82) is 0 Å². The summed E-state index contributed by atoms with van der Waals surface area (Å²) in [6.07, 6.45) is -1.44. The summed E-state index contributed by atoms with van der Waals surface area (Å²) in [5.41, 5.74) is 0. The number of hydrogen-bond acceptors (Lipinski definition) is 3. The van der Waals surface area contributed by atoms with Crippen molar-refractivity contribution in [3.05, 3.63) is 0 Å². The first-order valence-electron chi connectivity index (χ1n) is 3.23. The normalized spacial score (nSPS) is 27.1. The summed E-state index contributed by atoms with van der Waals surface area (Å²) in [7, 11) is 1.19. The van der Waals surface area contributed by atoms with Crippen LogP contribution >= 0.6 is 10.7 Å². The monoisotopic (exact) mass is 220 g/mol. The molecule has 7 heteroatoms. The number of halogens is 3. The summed E-state index contributed by atoms with van der Waals surface area (Å²) >= 11 is 0. The van der Waals surface area contributed by atoms with Crippen LogP contribution in [0.5, 0.6) is 0 Å². The van der Waals surface area contributed by atoms with Crippen molar-refractivity contribution in [2.24, 2.45) is 0 Å². The molecule has 1 saturated carbocycles. The van der Waals surface area contributed by atoms with Gasteiger partial charge in [0, 0.05) is 17.1 Å². The summed E-state index contributed by atoms with van der Waals surface area (Å²) in [5, 5.41) is 0. The Labute approximate surface area is 73.1 Å². The first kappa shape index (κ1) is 10.1. The van der Waals surface area contributed by atoms with Crippen LogP contribution in [0.25, 0.3) is 0 Å². The molecule has 3 nitrogen and oxygen atoms in total. The van der Waals surface area contributed by atoms with Crippen molar-refractivity contribution in [3.8, 4) is 0 Å². The summed E-state index contributed by atoms with van der Waals surface area (Å²) in [5.74, 6) is -3.20. The molecule has 1 rings (SSSR count). The average molecular weight is 221 g/mol. The van der Waals surface area contributed by atoms with Crippen molar-refractivity contribution >= 4 is 19.7 Å². The molecule has 0 spiro atoms. The summed E-state index contributed by atoms with van der Waals surface area (Å²) in [4.78, 5) is 0. The predicted octanol–water partition coefficient (Wildman–Crippen LogP) is 0.979. The fraction of sp³-hybridized carbons (Fsp3) is 1.00. The standard InChI is InChI=1S/C5H7ClF2O3S/c6-12(9,10)2-1-11-4-3-5(4,7)8/h4H,1-3H2/t4-/m1/s1. The van der Waals surface area contributed by atoms with Crippen LogP contribution in [-0.4, -0.2) is 32.8 Å². The van der Waals surface area contributed by atoms with Gasteiger partial charge in [-0.2, -0.15) is 0 Å². The van der Waals surface area contributed by atoms with Crippen LogP contribution in [0.4, 0.5) is 8.78 Å². The molecule has 0 aromatic heterocycles. The van der Waals surface area contributed by atoms with Crippen LogP contribution < -0.4 is 0 Å². The Morgan fingerprint density at radius 3 is 2.42 bits per heavy atom. The lowest BCUT2D eigenvalue weighted by molar-refractivity contribution is 0.0187. The van der Waals surface area contributed by atoms with Crippen molar-refractivity contribution in [1.82, 2.24) is 0 Å². The molecule has 0 amide bonds. The predicted molar refractivity (Wildman–Crippen MR) is 38.9 cm³/mol. The first-order chi connectivity index (χ1) is 5.31. The highest BCUT2D eigenvalue weighted by atomic mass is 35.7. The van der Waals surface area contributed by atoms with Gasteiger partial charge in [-0.15, -0.1) is 0 Å². The maximum atomic E-state index is 12.1. The molecular formula is C5H7ClF2O3S. The minimum Gasteiger partial charge on any atom is -0.371 e. The van der Waals surface area contributed by atoms with E-state index in [1.807, 2.05) is 0 Å². The SMILES string of the molecule is O=S(=O)(Cl)CCO[C@@H]1CC1(F)F. The second kappa shape index (κ2) is 3.08. The van der Waals surface area contributed by atoms with E-state index in [0.29, 0.717) is 0 Å². The number of rotatable bonds is 4. The second-order valence-corrected chi connectivity index (χ2v) is 5.46. The van der Waals surface area contributed by atoms with Crippen LogP contribution in [0.3, 0.4) is 0 Å². The molecule has 12 heavy (non-hydrogen) atoms. The van der Waals surface area contributed by atoms with Crippen LogP contribution in [0.1, 0.15) is 6.42 Å². The van der Waals surface area contributed by atoms with E-state index in [0.717, 1.165) is 0 Å². The Morgan fingerprint density at radius 1 is 1.58 bits per heavy atom. The Kier molecular flexibility index (Phi) is 2.60. The van der Waals surface area contributed by atoms with E-state index in [1.54, 1.807) is 0 Å². The highest BCUT2D eigenvalue weighted by Crippen LogP contribution is 2.44. The molecule has 0 aromatic rings. The van der Waals surface area contributed by atoms with E-state index in [-0.39, 0.29) is 13.0 Å². The molecule has 1 atom stereocenters. The minimum atomic E-state index is -3.63. The molecule has 72 valence electrons. The zero-order valence-electron chi connectivity index (χ0n) is 5.97. The van der Waals surface area contributed by atoms with Crippen LogP contribution in [0.2, 0.25) is 0 Å². The third-order valence-electron chi connectivity index (χ3n) is 1.41. The fourth-order valence-electron chi connectivity index (χ4n) is 0.659. The Bertz CT molecular complexity index is 264. The Hall–Kier alpha value is 0.0600. The largest absolute Gasteiger partial charge is 0.371 e. The van der Waals surface area contributed by atoms with Gasteiger partial charge < -0.3 is 4.74 Å². The van der Waals surface area contributed by atoms with Crippen LogP contribution in [0.15, 0.2) is 0 Å².